The summed E-state index contributed by atoms with van der Waals surface area (Å²) in [6.07, 6.45) is -2.92. The Kier molecular flexibility index (Phi) is 4.54. The smallest absolute Gasteiger partial charge is 0.397 e. The van der Waals surface area contributed by atoms with Crippen LogP contribution < -0.4 is 4.74 Å². The zero-order valence-electron chi connectivity index (χ0n) is 13.3. The second kappa shape index (κ2) is 6.14. The van der Waals surface area contributed by atoms with E-state index in [2.05, 4.69) is 10.1 Å². The predicted octanol–water partition coefficient (Wildman–Crippen LogP) is 3.24. The molecule has 0 aromatic carbocycles. The molecule has 2 rings (SSSR count). The minimum atomic E-state index is -4.39. The molecular weight excluding hydrogens is 327 g/mol. The van der Waals surface area contributed by atoms with Crippen molar-refractivity contribution in [1.82, 2.24) is 14.8 Å². The third kappa shape index (κ3) is 3.66. The number of rotatable bonds is 5. The van der Waals surface area contributed by atoms with Crippen LogP contribution in [0, 0.1) is 12.3 Å². The Morgan fingerprint density at radius 3 is 2.50 bits per heavy atom. The lowest BCUT2D eigenvalue weighted by molar-refractivity contribution is -0.219. The number of nitrogens with zero attached hydrogens (tertiary/aromatic N) is 3. The Morgan fingerprint density at radius 2 is 1.96 bits per heavy atom. The third-order valence-corrected chi connectivity index (χ3v) is 3.45. The van der Waals surface area contributed by atoms with Crippen LogP contribution in [0.3, 0.4) is 0 Å². The number of carboxylic acids is 1. The quantitative estimate of drug-likeness (QED) is 0.902. The van der Waals surface area contributed by atoms with Crippen LogP contribution in [0.25, 0.3) is 5.82 Å². The zero-order chi connectivity index (χ0) is 18.1. The summed E-state index contributed by atoms with van der Waals surface area (Å²) in [6, 6.07) is 4.25. The molecule has 0 unspecified atom stereocenters. The Morgan fingerprint density at radius 1 is 1.29 bits per heavy atom. The van der Waals surface area contributed by atoms with Crippen molar-refractivity contribution in [3.8, 4) is 11.7 Å². The first-order valence-corrected chi connectivity index (χ1v) is 6.98. The van der Waals surface area contributed by atoms with Crippen LogP contribution in [0.4, 0.5) is 13.2 Å². The second-order valence-corrected chi connectivity index (χ2v) is 5.88. The van der Waals surface area contributed by atoms with Crippen LogP contribution in [-0.2, 0) is 0 Å². The fourth-order valence-corrected chi connectivity index (χ4v) is 1.75. The minimum Gasteiger partial charge on any atom is -0.478 e. The number of aromatic nitrogens is 3. The molecule has 0 fully saturated rings. The Balaban J connectivity index is 2.14. The molecule has 9 heteroatoms. The molecule has 24 heavy (non-hydrogen) atoms. The van der Waals surface area contributed by atoms with E-state index in [1.807, 2.05) is 0 Å². The van der Waals surface area contributed by atoms with Gasteiger partial charge in [-0.2, -0.15) is 13.2 Å². The fraction of sp³-hybridized carbons (Fsp3) is 0.400. The maximum atomic E-state index is 12.8. The molecule has 0 saturated carbocycles. The summed E-state index contributed by atoms with van der Waals surface area (Å²) in [7, 11) is 0. The molecule has 0 aliphatic heterocycles. The number of hydrogen-bond acceptors (Lipinski definition) is 4. The molecule has 6 nitrogen and oxygen atoms in total. The minimum absolute atomic E-state index is 0.0223. The lowest BCUT2D eigenvalue weighted by atomic mass is 9.94. The van der Waals surface area contributed by atoms with Crippen molar-refractivity contribution in [3.05, 3.63) is 35.7 Å². The Bertz CT molecular complexity index is 754. The van der Waals surface area contributed by atoms with Crippen molar-refractivity contribution >= 4 is 5.97 Å². The van der Waals surface area contributed by atoms with Crippen LogP contribution >= 0.6 is 0 Å². The first-order valence-electron chi connectivity index (χ1n) is 6.98. The van der Waals surface area contributed by atoms with Crippen LogP contribution in [0.2, 0.25) is 0 Å². The lowest BCUT2D eigenvalue weighted by Crippen LogP contribution is -2.37. The van der Waals surface area contributed by atoms with Crippen molar-refractivity contribution in [3.63, 3.8) is 0 Å². The number of pyridine rings is 1. The normalized spacial score (nSPS) is 12.2. The topological polar surface area (TPSA) is 77.2 Å². The largest absolute Gasteiger partial charge is 0.478 e. The molecule has 0 aliphatic carbocycles. The van der Waals surface area contributed by atoms with Gasteiger partial charge in [0.05, 0.1) is 16.7 Å². The Labute approximate surface area is 135 Å². The van der Waals surface area contributed by atoms with Crippen molar-refractivity contribution < 1.29 is 27.8 Å². The standard InChI is InChI=1S/C15H16F3N3O3/c1-9-10(13(22)23)4-5-11(19-9)21-7-6-12(20-21)24-8-14(2,3)15(16,17)18/h4-7H,8H2,1-3H3,(H,22,23). The summed E-state index contributed by atoms with van der Waals surface area (Å²) >= 11 is 0. The van der Waals surface area contributed by atoms with E-state index in [-0.39, 0.29) is 11.4 Å². The highest BCUT2D eigenvalue weighted by atomic mass is 19.4. The van der Waals surface area contributed by atoms with E-state index in [0.29, 0.717) is 11.5 Å². The van der Waals surface area contributed by atoms with E-state index in [4.69, 9.17) is 9.84 Å². The number of halogens is 3. The summed E-state index contributed by atoms with van der Waals surface area (Å²) in [5.41, 5.74) is -1.64. The van der Waals surface area contributed by atoms with Crippen LogP contribution in [0.15, 0.2) is 24.4 Å². The lowest BCUT2D eigenvalue weighted by Gasteiger charge is -2.26. The molecule has 0 amide bonds. The number of ether oxygens (including phenoxy) is 1. The van der Waals surface area contributed by atoms with Gasteiger partial charge in [0.25, 0.3) is 0 Å². The van der Waals surface area contributed by atoms with Gasteiger partial charge in [0.15, 0.2) is 5.82 Å². The molecule has 130 valence electrons. The molecule has 0 spiro atoms. The summed E-state index contributed by atoms with van der Waals surface area (Å²) in [6.45, 7) is 3.05. The monoisotopic (exact) mass is 343 g/mol. The van der Waals surface area contributed by atoms with E-state index in [1.165, 1.54) is 29.1 Å². The van der Waals surface area contributed by atoms with Gasteiger partial charge < -0.3 is 9.84 Å². The molecule has 2 aromatic heterocycles. The van der Waals surface area contributed by atoms with E-state index in [0.717, 1.165) is 13.8 Å². The van der Waals surface area contributed by atoms with Crippen LogP contribution in [0.1, 0.15) is 29.9 Å². The molecule has 1 N–H and O–H groups in total. The highest BCUT2D eigenvalue weighted by Crippen LogP contribution is 2.37. The molecular formula is C15H16F3N3O3. The van der Waals surface area contributed by atoms with Crippen molar-refractivity contribution in [1.29, 1.82) is 0 Å². The Hall–Kier alpha value is -2.58. The third-order valence-electron chi connectivity index (χ3n) is 3.45. The van der Waals surface area contributed by atoms with Gasteiger partial charge in [-0.25, -0.2) is 14.5 Å². The molecule has 0 radical (unpaired) electrons. The average molecular weight is 343 g/mol. The van der Waals surface area contributed by atoms with E-state index in [9.17, 15) is 18.0 Å². The van der Waals surface area contributed by atoms with Crippen molar-refractivity contribution in [2.45, 2.75) is 26.9 Å². The maximum absolute atomic E-state index is 12.8. The van der Waals surface area contributed by atoms with Crippen molar-refractivity contribution in [2.24, 2.45) is 5.41 Å². The van der Waals surface area contributed by atoms with Gasteiger partial charge in [-0.1, -0.05) is 0 Å². The highest BCUT2D eigenvalue weighted by molar-refractivity contribution is 5.88. The maximum Gasteiger partial charge on any atom is 0.397 e. The zero-order valence-corrected chi connectivity index (χ0v) is 13.3. The number of aryl methyl sites for hydroxylation is 1. The first-order chi connectivity index (χ1) is 11.0. The van der Waals surface area contributed by atoms with Gasteiger partial charge in [0.2, 0.25) is 5.88 Å². The average Bonchev–Trinajstić information content (AvgIpc) is 2.92. The summed E-state index contributed by atoms with van der Waals surface area (Å²) in [5, 5.41) is 13.0. The molecule has 0 atom stereocenters. The number of carboxylic acid groups (broad SMARTS) is 1. The molecule has 0 aliphatic rings. The van der Waals surface area contributed by atoms with Crippen LogP contribution in [-0.4, -0.2) is 38.6 Å². The van der Waals surface area contributed by atoms with Crippen LogP contribution in [0.5, 0.6) is 5.88 Å². The van der Waals surface area contributed by atoms with E-state index >= 15 is 0 Å². The van der Waals surface area contributed by atoms with Gasteiger partial charge in [-0.3, -0.25) is 0 Å². The number of hydrogen-bond donors (Lipinski definition) is 1. The highest BCUT2D eigenvalue weighted by Gasteiger charge is 2.48. The molecule has 2 heterocycles. The summed E-state index contributed by atoms with van der Waals surface area (Å²) < 4.78 is 44.8. The number of carbonyl (C=O) groups is 1. The van der Waals surface area contributed by atoms with Gasteiger partial charge >= 0.3 is 12.1 Å². The number of alkyl halides is 3. The summed E-state index contributed by atoms with van der Waals surface area (Å²) in [5.74, 6) is -0.734. The summed E-state index contributed by atoms with van der Waals surface area (Å²) in [4.78, 5) is 15.1. The fourth-order valence-electron chi connectivity index (χ4n) is 1.75. The van der Waals surface area contributed by atoms with Gasteiger partial charge in [-0.05, 0) is 32.9 Å². The van der Waals surface area contributed by atoms with Crippen molar-refractivity contribution in [2.75, 3.05) is 6.61 Å². The van der Waals surface area contributed by atoms with Gasteiger partial charge in [0.1, 0.15) is 6.61 Å². The van der Waals surface area contributed by atoms with E-state index in [1.54, 1.807) is 6.92 Å². The van der Waals surface area contributed by atoms with Gasteiger partial charge in [-0.15, -0.1) is 5.10 Å². The number of aromatic carboxylic acids is 1. The molecule has 0 saturated heterocycles. The second-order valence-electron chi connectivity index (χ2n) is 5.88. The predicted molar refractivity (Wildman–Crippen MR) is 78.4 cm³/mol. The van der Waals surface area contributed by atoms with Gasteiger partial charge in [0, 0.05) is 12.3 Å². The SMILES string of the molecule is Cc1nc(-n2ccc(OCC(C)(C)C(F)(F)F)n2)ccc1C(=O)O. The molecule has 2 aromatic rings. The molecule has 0 bridgehead atoms. The van der Waals surface area contributed by atoms with E-state index < -0.39 is 24.2 Å². The first kappa shape index (κ1) is 17.8.